The molecule has 1 amide bonds. The number of methoxy groups -OCH3 is 2. The van der Waals surface area contributed by atoms with Crippen molar-refractivity contribution in [3.8, 4) is 17.4 Å². The van der Waals surface area contributed by atoms with Crippen molar-refractivity contribution in [3.05, 3.63) is 42.1 Å². The molecule has 0 atom stereocenters. The fourth-order valence-corrected chi connectivity index (χ4v) is 1.86. The van der Waals surface area contributed by atoms with Crippen molar-refractivity contribution in [1.29, 1.82) is 0 Å². The van der Waals surface area contributed by atoms with Gasteiger partial charge >= 0.3 is 6.18 Å². The zero-order valence-electron chi connectivity index (χ0n) is 13.4. The Hall–Kier alpha value is -2.97. The van der Waals surface area contributed by atoms with Crippen LogP contribution in [0.1, 0.15) is 10.4 Å². The first kappa shape index (κ1) is 18.4. The molecule has 25 heavy (non-hydrogen) atoms. The highest BCUT2D eigenvalue weighted by molar-refractivity contribution is 6.05. The summed E-state index contributed by atoms with van der Waals surface area (Å²) in [6.45, 7) is -1.45. The number of carbonyl (C=O) groups excluding carboxylic acids is 1. The van der Waals surface area contributed by atoms with Gasteiger partial charge in [-0.15, -0.1) is 0 Å². The molecule has 0 unspecified atom stereocenters. The quantitative estimate of drug-likeness (QED) is 0.860. The van der Waals surface area contributed by atoms with E-state index in [4.69, 9.17) is 9.47 Å². The molecule has 1 aromatic carbocycles. The largest absolute Gasteiger partial charge is 0.497 e. The van der Waals surface area contributed by atoms with E-state index in [1.165, 1.54) is 26.4 Å². The van der Waals surface area contributed by atoms with E-state index in [1.54, 1.807) is 18.2 Å². The third-order valence-corrected chi connectivity index (χ3v) is 3.04. The summed E-state index contributed by atoms with van der Waals surface area (Å²) in [6, 6.07) is 7.36. The number of hydrogen-bond acceptors (Lipinski definition) is 5. The number of carbonyl (C=O) groups is 1. The summed E-state index contributed by atoms with van der Waals surface area (Å²) < 4.78 is 51.0. The van der Waals surface area contributed by atoms with Crippen LogP contribution in [0, 0.1) is 0 Å². The van der Waals surface area contributed by atoms with E-state index in [0.29, 0.717) is 17.2 Å². The average molecular weight is 356 g/mol. The number of aromatic nitrogens is 1. The summed E-state index contributed by atoms with van der Waals surface area (Å²) in [6.07, 6.45) is -3.34. The van der Waals surface area contributed by atoms with E-state index in [-0.39, 0.29) is 11.4 Å². The number of anilines is 1. The van der Waals surface area contributed by atoms with Crippen LogP contribution in [-0.4, -0.2) is 37.9 Å². The van der Waals surface area contributed by atoms with Crippen LogP contribution in [0.3, 0.4) is 0 Å². The van der Waals surface area contributed by atoms with Crippen molar-refractivity contribution >= 4 is 11.6 Å². The molecule has 0 saturated carbocycles. The minimum Gasteiger partial charge on any atom is -0.497 e. The lowest BCUT2D eigenvalue weighted by Crippen LogP contribution is -2.19. The summed E-state index contributed by atoms with van der Waals surface area (Å²) in [5, 5.41) is 2.62. The molecule has 0 radical (unpaired) electrons. The standard InChI is InChI=1S/C16H15F3N2O4/c1-23-11-4-5-13(24-2)12(7-11)21-15(22)10-3-6-14(20-8-10)25-9-16(17,18)19/h3-8H,9H2,1-2H3,(H,21,22). The Bertz CT molecular complexity index is 733. The second-order valence-corrected chi connectivity index (χ2v) is 4.81. The molecule has 134 valence electrons. The van der Waals surface area contributed by atoms with Crippen molar-refractivity contribution in [2.45, 2.75) is 6.18 Å². The molecule has 0 aliphatic rings. The Morgan fingerprint density at radius 3 is 2.48 bits per heavy atom. The average Bonchev–Trinajstić information content (AvgIpc) is 2.59. The van der Waals surface area contributed by atoms with Crippen molar-refractivity contribution in [3.63, 3.8) is 0 Å². The molecule has 9 heteroatoms. The number of amides is 1. The van der Waals surface area contributed by atoms with Gasteiger partial charge in [-0.1, -0.05) is 0 Å². The van der Waals surface area contributed by atoms with Gasteiger partial charge in [-0.2, -0.15) is 13.2 Å². The summed E-state index contributed by atoms with van der Waals surface area (Å²) in [5.74, 6) is 0.201. The van der Waals surface area contributed by atoms with E-state index < -0.39 is 18.7 Å². The van der Waals surface area contributed by atoms with Gasteiger partial charge in [0.1, 0.15) is 11.5 Å². The zero-order valence-corrected chi connectivity index (χ0v) is 13.4. The normalized spacial score (nSPS) is 10.9. The molecule has 2 rings (SSSR count). The molecule has 1 N–H and O–H groups in total. The number of halogens is 3. The third-order valence-electron chi connectivity index (χ3n) is 3.04. The van der Waals surface area contributed by atoms with E-state index in [2.05, 4.69) is 15.0 Å². The fraction of sp³-hybridized carbons (Fsp3) is 0.250. The number of rotatable bonds is 6. The molecule has 0 aliphatic heterocycles. The molecule has 6 nitrogen and oxygen atoms in total. The van der Waals surface area contributed by atoms with Crippen LogP contribution in [0.2, 0.25) is 0 Å². The Morgan fingerprint density at radius 2 is 1.92 bits per heavy atom. The van der Waals surface area contributed by atoms with Gasteiger partial charge in [0.15, 0.2) is 6.61 Å². The molecule has 1 aromatic heterocycles. The second kappa shape index (κ2) is 7.73. The predicted molar refractivity (Wildman–Crippen MR) is 83.3 cm³/mol. The summed E-state index contributed by atoms with van der Waals surface area (Å²) >= 11 is 0. The highest BCUT2D eigenvalue weighted by atomic mass is 19.4. The van der Waals surface area contributed by atoms with Crippen LogP contribution >= 0.6 is 0 Å². The predicted octanol–water partition coefficient (Wildman–Crippen LogP) is 3.29. The Morgan fingerprint density at radius 1 is 1.16 bits per heavy atom. The third kappa shape index (κ3) is 5.27. The van der Waals surface area contributed by atoms with E-state index >= 15 is 0 Å². The maximum Gasteiger partial charge on any atom is 0.422 e. The van der Waals surface area contributed by atoms with Crippen LogP contribution in [0.25, 0.3) is 0 Å². The zero-order chi connectivity index (χ0) is 18.4. The number of alkyl halides is 3. The minimum absolute atomic E-state index is 0.143. The monoisotopic (exact) mass is 356 g/mol. The number of benzene rings is 1. The molecular formula is C16H15F3N2O4. The SMILES string of the molecule is COc1ccc(OC)c(NC(=O)c2ccc(OCC(F)(F)F)nc2)c1. The molecule has 0 bridgehead atoms. The lowest BCUT2D eigenvalue weighted by atomic mass is 10.2. The number of nitrogens with zero attached hydrogens (tertiary/aromatic N) is 1. The van der Waals surface area contributed by atoms with Crippen molar-refractivity contribution in [2.24, 2.45) is 0 Å². The molecular weight excluding hydrogens is 341 g/mol. The highest BCUT2D eigenvalue weighted by Gasteiger charge is 2.28. The van der Waals surface area contributed by atoms with Crippen LogP contribution in [-0.2, 0) is 0 Å². The van der Waals surface area contributed by atoms with Gasteiger partial charge in [0.05, 0.1) is 25.5 Å². The number of hydrogen-bond donors (Lipinski definition) is 1. The van der Waals surface area contributed by atoms with Gasteiger partial charge in [-0.05, 0) is 18.2 Å². The van der Waals surface area contributed by atoms with E-state index in [0.717, 1.165) is 6.20 Å². The van der Waals surface area contributed by atoms with Gasteiger partial charge in [0.2, 0.25) is 5.88 Å². The summed E-state index contributed by atoms with van der Waals surface area (Å²) in [4.78, 5) is 15.9. The first-order valence-corrected chi connectivity index (χ1v) is 7.01. The van der Waals surface area contributed by atoms with Gasteiger partial charge in [-0.3, -0.25) is 4.79 Å². The minimum atomic E-state index is -4.46. The molecule has 2 aromatic rings. The van der Waals surface area contributed by atoms with Crippen molar-refractivity contribution in [1.82, 2.24) is 4.98 Å². The smallest absolute Gasteiger partial charge is 0.422 e. The molecule has 0 fully saturated rings. The second-order valence-electron chi connectivity index (χ2n) is 4.81. The number of nitrogens with one attached hydrogen (secondary N) is 1. The Balaban J connectivity index is 2.08. The summed E-state index contributed by atoms with van der Waals surface area (Å²) in [7, 11) is 2.93. The molecule has 1 heterocycles. The van der Waals surface area contributed by atoms with Crippen LogP contribution in [0.4, 0.5) is 18.9 Å². The van der Waals surface area contributed by atoms with Crippen molar-refractivity contribution < 1.29 is 32.2 Å². The maximum atomic E-state index is 12.2. The van der Waals surface area contributed by atoms with Gasteiger partial charge in [-0.25, -0.2) is 4.98 Å². The van der Waals surface area contributed by atoms with Crippen LogP contribution in [0.5, 0.6) is 17.4 Å². The van der Waals surface area contributed by atoms with Gasteiger partial charge in [0.25, 0.3) is 5.91 Å². The molecule has 0 spiro atoms. The lowest BCUT2D eigenvalue weighted by molar-refractivity contribution is -0.154. The first-order valence-electron chi connectivity index (χ1n) is 7.01. The van der Waals surface area contributed by atoms with E-state index in [1.807, 2.05) is 0 Å². The summed E-state index contributed by atoms with van der Waals surface area (Å²) in [5.41, 5.74) is 0.522. The number of ether oxygens (including phenoxy) is 3. The number of pyridine rings is 1. The lowest BCUT2D eigenvalue weighted by Gasteiger charge is -2.12. The Labute approximate surface area is 141 Å². The van der Waals surface area contributed by atoms with Crippen LogP contribution < -0.4 is 19.5 Å². The van der Waals surface area contributed by atoms with E-state index in [9.17, 15) is 18.0 Å². The molecule has 0 saturated heterocycles. The van der Waals surface area contributed by atoms with Gasteiger partial charge in [0, 0.05) is 18.3 Å². The Kier molecular flexibility index (Phi) is 5.68. The van der Waals surface area contributed by atoms with Crippen molar-refractivity contribution in [2.75, 3.05) is 26.1 Å². The van der Waals surface area contributed by atoms with Gasteiger partial charge < -0.3 is 19.5 Å². The maximum absolute atomic E-state index is 12.2. The first-order chi connectivity index (χ1) is 11.8. The fourth-order valence-electron chi connectivity index (χ4n) is 1.86. The van der Waals surface area contributed by atoms with Crippen LogP contribution in [0.15, 0.2) is 36.5 Å². The highest BCUT2D eigenvalue weighted by Crippen LogP contribution is 2.29. The topological polar surface area (TPSA) is 69.7 Å². The molecule has 0 aliphatic carbocycles.